The summed E-state index contributed by atoms with van der Waals surface area (Å²) in [4.78, 5) is 34.7. The molecule has 0 saturated heterocycles. The van der Waals surface area contributed by atoms with E-state index >= 15 is 0 Å². The summed E-state index contributed by atoms with van der Waals surface area (Å²) in [5.74, 6) is -2.12. The minimum atomic E-state index is -1.10. The molecule has 0 radical (unpaired) electrons. The van der Waals surface area contributed by atoms with Gasteiger partial charge in [-0.2, -0.15) is 0 Å². The Bertz CT molecular complexity index is 512. The topological polar surface area (TPSA) is 92.3 Å². The molecule has 0 aromatic carbocycles. The molecule has 0 aromatic heterocycles. The van der Waals surface area contributed by atoms with Gasteiger partial charge in [-0.1, -0.05) is 103 Å². The van der Waals surface area contributed by atoms with E-state index in [0.717, 1.165) is 19.3 Å². The van der Waals surface area contributed by atoms with E-state index in [4.69, 9.17) is 0 Å². The number of rotatable bonds is 20. The lowest BCUT2D eigenvalue weighted by Gasteiger charge is -2.06. The first-order chi connectivity index (χ1) is 15.0. The lowest BCUT2D eigenvalue weighted by Crippen LogP contribution is -2.43. The van der Waals surface area contributed by atoms with Crippen molar-refractivity contribution in [1.29, 1.82) is 0 Å². The highest BCUT2D eigenvalue weighted by molar-refractivity contribution is 7.84. The van der Waals surface area contributed by atoms with Crippen LogP contribution in [0.1, 0.15) is 116 Å². The first kappa shape index (κ1) is 29.8. The molecule has 0 bridgehead atoms. The van der Waals surface area contributed by atoms with Gasteiger partial charge < -0.3 is 5.32 Å². The van der Waals surface area contributed by atoms with Crippen LogP contribution in [0.5, 0.6) is 0 Å². The maximum atomic E-state index is 11.6. The van der Waals surface area contributed by atoms with Crippen LogP contribution in [0.4, 0.5) is 0 Å². The fourth-order valence-corrected chi connectivity index (χ4v) is 3.91. The fraction of sp³-hybridized carbons (Fsp3) is 0.875. The molecule has 7 heteroatoms. The Kier molecular flexibility index (Phi) is 21.1. The Morgan fingerprint density at radius 2 is 1.06 bits per heavy atom. The van der Waals surface area contributed by atoms with Crippen molar-refractivity contribution in [2.24, 2.45) is 0 Å². The van der Waals surface area contributed by atoms with Gasteiger partial charge in [-0.05, 0) is 6.42 Å². The predicted octanol–water partition coefficient (Wildman–Crippen LogP) is 4.78. The monoisotopic (exact) mass is 458 g/mol. The molecular weight excluding hydrogens is 412 g/mol. The van der Waals surface area contributed by atoms with Gasteiger partial charge in [-0.3, -0.25) is 23.9 Å². The van der Waals surface area contributed by atoms with Crippen molar-refractivity contribution >= 4 is 28.5 Å². The van der Waals surface area contributed by atoms with Crippen LogP contribution in [-0.2, 0) is 25.2 Å². The largest absolute Gasteiger partial charge is 0.348 e. The molecule has 6 nitrogen and oxygen atoms in total. The van der Waals surface area contributed by atoms with Crippen LogP contribution in [0.15, 0.2) is 0 Å². The van der Waals surface area contributed by atoms with E-state index in [1.165, 1.54) is 89.7 Å². The summed E-state index contributed by atoms with van der Waals surface area (Å²) < 4.78 is 10.9. The van der Waals surface area contributed by atoms with Crippen molar-refractivity contribution in [3.05, 3.63) is 0 Å². The number of hydrogen-bond acceptors (Lipinski definition) is 4. The number of imide groups is 1. The standard InChI is InChI=1S/C24H46N2O4S/c1-3-4-5-6-7-8-9-10-11-12-13-14-15-16-17-18-20-25-23(28)24(29)26-22(27)19-21-31(2)30/h3-21H2,1-2H3,(H,25,28)(H,26,27,29). The van der Waals surface area contributed by atoms with Crippen LogP contribution >= 0.6 is 0 Å². The fourth-order valence-electron chi connectivity index (χ4n) is 3.44. The first-order valence-electron chi connectivity index (χ1n) is 12.4. The minimum absolute atomic E-state index is 0.0265. The molecule has 31 heavy (non-hydrogen) atoms. The Labute approximate surface area is 192 Å². The highest BCUT2D eigenvalue weighted by Gasteiger charge is 2.16. The molecule has 0 saturated carbocycles. The van der Waals surface area contributed by atoms with E-state index in [-0.39, 0.29) is 12.2 Å². The maximum Gasteiger partial charge on any atom is 0.315 e. The summed E-state index contributed by atoms with van der Waals surface area (Å²) in [6.07, 6.45) is 22.1. The van der Waals surface area contributed by atoms with Crippen molar-refractivity contribution in [3.63, 3.8) is 0 Å². The Hall–Kier alpha value is -1.24. The van der Waals surface area contributed by atoms with Crippen LogP contribution in [0.3, 0.4) is 0 Å². The summed E-state index contributed by atoms with van der Waals surface area (Å²) in [7, 11) is -1.10. The zero-order valence-electron chi connectivity index (χ0n) is 20.0. The van der Waals surface area contributed by atoms with Crippen molar-refractivity contribution in [3.8, 4) is 0 Å². The minimum Gasteiger partial charge on any atom is -0.348 e. The molecule has 0 spiro atoms. The summed E-state index contributed by atoms with van der Waals surface area (Å²) in [6.45, 7) is 2.70. The lowest BCUT2D eigenvalue weighted by atomic mass is 10.0. The predicted molar refractivity (Wildman–Crippen MR) is 129 cm³/mol. The number of unbranched alkanes of at least 4 members (excludes halogenated alkanes) is 15. The van der Waals surface area contributed by atoms with Gasteiger partial charge in [0.15, 0.2) is 0 Å². The summed E-state index contributed by atoms with van der Waals surface area (Å²) in [5, 5.41) is 4.56. The normalized spacial score (nSPS) is 11.8. The van der Waals surface area contributed by atoms with Crippen molar-refractivity contribution in [1.82, 2.24) is 10.6 Å². The molecule has 3 amide bonds. The molecule has 2 N–H and O–H groups in total. The van der Waals surface area contributed by atoms with Crippen LogP contribution in [-0.4, -0.2) is 40.5 Å². The van der Waals surface area contributed by atoms with Gasteiger partial charge in [0.25, 0.3) is 0 Å². The van der Waals surface area contributed by atoms with E-state index in [1.54, 1.807) is 0 Å². The molecule has 0 fully saturated rings. The SMILES string of the molecule is CCCCCCCCCCCCCCCCCCNC(=O)C(=O)NC(=O)CCS(C)=O. The van der Waals surface area contributed by atoms with Gasteiger partial charge in [0, 0.05) is 35.8 Å². The summed E-state index contributed by atoms with van der Waals surface area (Å²) >= 11 is 0. The molecule has 0 aliphatic heterocycles. The van der Waals surface area contributed by atoms with Gasteiger partial charge in [-0.25, -0.2) is 0 Å². The molecule has 0 rings (SSSR count). The highest BCUT2D eigenvalue weighted by atomic mass is 32.2. The third-order valence-corrected chi connectivity index (χ3v) is 6.17. The molecule has 0 aliphatic carbocycles. The van der Waals surface area contributed by atoms with E-state index in [2.05, 4.69) is 12.2 Å². The molecule has 0 heterocycles. The van der Waals surface area contributed by atoms with Gasteiger partial charge in [-0.15, -0.1) is 0 Å². The molecule has 182 valence electrons. The third-order valence-electron chi connectivity index (χ3n) is 5.39. The quantitative estimate of drug-likeness (QED) is 0.203. The smallest absolute Gasteiger partial charge is 0.315 e. The highest BCUT2D eigenvalue weighted by Crippen LogP contribution is 2.13. The van der Waals surface area contributed by atoms with Crippen molar-refractivity contribution < 1.29 is 18.6 Å². The van der Waals surface area contributed by atoms with Gasteiger partial charge >= 0.3 is 11.8 Å². The van der Waals surface area contributed by atoms with Crippen LogP contribution in [0.25, 0.3) is 0 Å². The molecular formula is C24H46N2O4S. The second-order valence-electron chi connectivity index (χ2n) is 8.46. The van der Waals surface area contributed by atoms with Crippen LogP contribution in [0, 0.1) is 0 Å². The number of carbonyl (C=O) groups excluding carboxylic acids is 3. The number of nitrogens with one attached hydrogen (secondary N) is 2. The average molecular weight is 459 g/mol. The average Bonchev–Trinajstić information content (AvgIpc) is 2.74. The Balaban J connectivity index is 3.36. The van der Waals surface area contributed by atoms with E-state index < -0.39 is 28.5 Å². The van der Waals surface area contributed by atoms with Crippen molar-refractivity contribution in [2.45, 2.75) is 116 Å². The molecule has 0 aromatic rings. The van der Waals surface area contributed by atoms with Crippen LogP contribution in [0.2, 0.25) is 0 Å². The summed E-state index contributed by atoms with van der Waals surface area (Å²) in [5.41, 5.74) is 0. The zero-order valence-corrected chi connectivity index (χ0v) is 20.8. The van der Waals surface area contributed by atoms with E-state index in [0.29, 0.717) is 6.54 Å². The second-order valence-corrected chi connectivity index (χ2v) is 10.0. The molecule has 1 unspecified atom stereocenters. The first-order valence-corrected chi connectivity index (χ1v) is 14.1. The van der Waals surface area contributed by atoms with Crippen LogP contribution < -0.4 is 10.6 Å². The number of hydrogen-bond donors (Lipinski definition) is 2. The molecule has 0 aliphatic rings. The van der Waals surface area contributed by atoms with E-state index in [9.17, 15) is 18.6 Å². The van der Waals surface area contributed by atoms with Gasteiger partial charge in [0.05, 0.1) is 0 Å². The Morgan fingerprint density at radius 1 is 0.645 bits per heavy atom. The van der Waals surface area contributed by atoms with Gasteiger partial charge in [0.2, 0.25) is 5.91 Å². The lowest BCUT2D eigenvalue weighted by molar-refractivity contribution is -0.142. The number of carbonyl (C=O) groups is 3. The zero-order chi connectivity index (χ0) is 23.2. The second kappa shape index (κ2) is 22.0. The Morgan fingerprint density at radius 3 is 1.48 bits per heavy atom. The van der Waals surface area contributed by atoms with Crippen molar-refractivity contribution in [2.75, 3.05) is 18.6 Å². The van der Waals surface area contributed by atoms with Gasteiger partial charge in [0.1, 0.15) is 0 Å². The third kappa shape index (κ3) is 21.8. The maximum absolute atomic E-state index is 11.6. The van der Waals surface area contributed by atoms with E-state index in [1.807, 2.05) is 5.32 Å². The molecule has 1 atom stereocenters. The summed E-state index contributed by atoms with van der Waals surface area (Å²) in [6, 6.07) is 0. The number of amides is 3.